The molecule has 0 saturated carbocycles. The zero-order chi connectivity index (χ0) is 13.9. The molecule has 1 aliphatic rings. The van der Waals surface area contributed by atoms with E-state index in [-0.39, 0.29) is 11.7 Å². The monoisotopic (exact) mass is 265 g/mol. The molecular formula is C14H20FN3O. The Morgan fingerprint density at radius 3 is 2.63 bits per heavy atom. The quantitative estimate of drug-likeness (QED) is 0.869. The molecule has 1 aromatic carbocycles. The van der Waals surface area contributed by atoms with Gasteiger partial charge in [-0.25, -0.2) is 4.39 Å². The molecule has 0 aliphatic carbocycles. The molecule has 19 heavy (non-hydrogen) atoms. The molecule has 0 spiro atoms. The SMILES string of the molecule is CNC(=O)C1(Nc2cccc(F)c2)CCN(C)CC1. The van der Waals surface area contributed by atoms with Crippen molar-refractivity contribution in [1.29, 1.82) is 0 Å². The number of benzene rings is 1. The molecule has 1 aromatic rings. The molecule has 2 N–H and O–H groups in total. The van der Waals surface area contributed by atoms with E-state index < -0.39 is 5.54 Å². The predicted molar refractivity (Wildman–Crippen MR) is 73.6 cm³/mol. The van der Waals surface area contributed by atoms with Crippen LogP contribution in [-0.2, 0) is 4.79 Å². The van der Waals surface area contributed by atoms with E-state index >= 15 is 0 Å². The van der Waals surface area contributed by atoms with Crippen LogP contribution in [0.4, 0.5) is 10.1 Å². The zero-order valence-corrected chi connectivity index (χ0v) is 11.4. The highest BCUT2D eigenvalue weighted by Gasteiger charge is 2.40. The van der Waals surface area contributed by atoms with E-state index in [1.807, 2.05) is 7.05 Å². The topological polar surface area (TPSA) is 44.4 Å². The van der Waals surface area contributed by atoms with Crippen LogP contribution in [0.25, 0.3) is 0 Å². The zero-order valence-electron chi connectivity index (χ0n) is 11.4. The van der Waals surface area contributed by atoms with E-state index in [9.17, 15) is 9.18 Å². The lowest BCUT2D eigenvalue weighted by atomic mass is 9.86. The van der Waals surface area contributed by atoms with E-state index in [4.69, 9.17) is 0 Å². The summed E-state index contributed by atoms with van der Waals surface area (Å²) in [6, 6.07) is 6.24. The highest BCUT2D eigenvalue weighted by Crippen LogP contribution is 2.27. The Morgan fingerprint density at radius 1 is 1.37 bits per heavy atom. The smallest absolute Gasteiger partial charge is 0.245 e. The summed E-state index contributed by atoms with van der Waals surface area (Å²) in [5.41, 5.74) is 0.00264. The first-order chi connectivity index (χ1) is 9.05. The Balaban J connectivity index is 2.21. The number of carbonyl (C=O) groups is 1. The van der Waals surface area contributed by atoms with Gasteiger partial charge in [-0.1, -0.05) is 6.07 Å². The molecule has 1 fully saturated rings. The summed E-state index contributed by atoms with van der Waals surface area (Å²) in [6.07, 6.45) is 1.42. The predicted octanol–water partition coefficient (Wildman–Crippen LogP) is 1.45. The average molecular weight is 265 g/mol. The summed E-state index contributed by atoms with van der Waals surface area (Å²) in [7, 11) is 3.67. The summed E-state index contributed by atoms with van der Waals surface area (Å²) < 4.78 is 13.2. The van der Waals surface area contributed by atoms with E-state index in [1.165, 1.54) is 12.1 Å². The first-order valence-electron chi connectivity index (χ1n) is 6.50. The second kappa shape index (κ2) is 5.57. The first kappa shape index (κ1) is 13.8. The first-order valence-corrected chi connectivity index (χ1v) is 6.50. The third kappa shape index (κ3) is 3.04. The minimum Gasteiger partial charge on any atom is -0.371 e. The van der Waals surface area contributed by atoms with Gasteiger partial charge in [-0.2, -0.15) is 0 Å². The maximum atomic E-state index is 13.2. The van der Waals surface area contributed by atoms with Crippen molar-refractivity contribution in [2.75, 3.05) is 32.5 Å². The maximum absolute atomic E-state index is 13.2. The van der Waals surface area contributed by atoms with Gasteiger partial charge in [-0.05, 0) is 38.1 Å². The lowest BCUT2D eigenvalue weighted by Crippen LogP contribution is -2.57. The second-order valence-electron chi connectivity index (χ2n) is 5.10. The third-order valence-corrected chi connectivity index (χ3v) is 3.71. The molecule has 0 radical (unpaired) electrons. The Bertz CT molecular complexity index is 456. The van der Waals surface area contributed by atoms with Gasteiger partial charge in [0, 0.05) is 25.8 Å². The van der Waals surface area contributed by atoms with E-state index in [2.05, 4.69) is 15.5 Å². The van der Waals surface area contributed by atoms with E-state index in [0.717, 1.165) is 13.1 Å². The third-order valence-electron chi connectivity index (χ3n) is 3.71. The fourth-order valence-electron chi connectivity index (χ4n) is 2.49. The van der Waals surface area contributed by atoms with Gasteiger partial charge in [0.1, 0.15) is 11.4 Å². The van der Waals surface area contributed by atoms with Crippen molar-refractivity contribution in [3.63, 3.8) is 0 Å². The van der Waals surface area contributed by atoms with Crippen LogP contribution in [0.1, 0.15) is 12.8 Å². The average Bonchev–Trinajstić information content (AvgIpc) is 2.41. The molecule has 1 saturated heterocycles. The number of nitrogens with one attached hydrogen (secondary N) is 2. The molecule has 5 heteroatoms. The van der Waals surface area contributed by atoms with Crippen molar-refractivity contribution >= 4 is 11.6 Å². The number of piperidine rings is 1. The lowest BCUT2D eigenvalue weighted by Gasteiger charge is -2.40. The number of likely N-dealkylation sites (tertiary alicyclic amines) is 1. The number of halogens is 1. The molecular weight excluding hydrogens is 245 g/mol. The van der Waals surface area contributed by atoms with Crippen LogP contribution in [0.2, 0.25) is 0 Å². The summed E-state index contributed by atoms with van der Waals surface area (Å²) in [5.74, 6) is -0.338. The number of rotatable bonds is 3. The normalized spacial score (nSPS) is 18.9. The van der Waals surface area contributed by atoms with Crippen LogP contribution in [0.3, 0.4) is 0 Å². The Labute approximate surface area is 113 Å². The molecule has 1 aliphatic heterocycles. The highest BCUT2D eigenvalue weighted by atomic mass is 19.1. The minimum absolute atomic E-state index is 0.0372. The molecule has 0 atom stereocenters. The number of hydrogen-bond acceptors (Lipinski definition) is 3. The van der Waals surface area contributed by atoms with Crippen LogP contribution >= 0.6 is 0 Å². The minimum atomic E-state index is -0.644. The molecule has 104 valence electrons. The van der Waals surface area contributed by atoms with Crippen molar-refractivity contribution in [3.05, 3.63) is 30.1 Å². The molecule has 2 rings (SSSR count). The molecule has 0 bridgehead atoms. The maximum Gasteiger partial charge on any atom is 0.245 e. The number of amides is 1. The van der Waals surface area contributed by atoms with Crippen molar-refractivity contribution in [1.82, 2.24) is 10.2 Å². The number of carbonyl (C=O) groups excluding carboxylic acids is 1. The fourth-order valence-corrected chi connectivity index (χ4v) is 2.49. The van der Waals surface area contributed by atoms with Crippen LogP contribution in [-0.4, -0.2) is 43.5 Å². The van der Waals surface area contributed by atoms with Gasteiger partial charge in [0.25, 0.3) is 0 Å². The van der Waals surface area contributed by atoms with Gasteiger partial charge in [-0.3, -0.25) is 4.79 Å². The molecule has 0 unspecified atom stereocenters. The van der Waals surface area contributed by atoms with E-state index in [1.54, 1.807) is 19.2 Å². The molecule has 1 amide bonds. The van der Waals surface area contributed by atoms with Gasteiger partial charge < -0.3 is 15.5 Å². The van der Waals surface area contributed by atoms with Crippen LogP contribution in [0.5, 0.6) is 0 Å². The lowest BCUT2D eigenvalue weighted by molar-refractivity contribution is -0.126. The summed E-state index contributed by atoms with van der Waals surface area (Å²) in [4.78, 5) is 14.4. The van der Waals surface area contributed by atoms with Crippen LogP contribution in [0, 0.1) is 5.82 Å². The van der Waals surface area contributed by atoms with Crippen molar-refractivity contribution in [2.45, 2.75) is 18.4 Å². The number of nitrogens with zero attached hydrogens (tertiary/aromatic N) is 1. The summed E-state index contributed by atoms with van der Waals surface area (Å²) in [6.45, 7) is 1.69. The fraction of sp³-hybridized carbons (Fsp3) is 0.500. The van der Waals surface area contributed by atoms with Crippen LogP contribution in [0.15, 0.2) is 24.3 Å². The van der Waals surface area contributed by atoms with Gasteiger partial charge in [-0.15, -0.1) is 0 Å². The molecule has 1 heterocycles. The standard InChI is InChI=1S/C14H20FN3O/c1-16-13(19)14(6-8-18(2)9-7-14)17-12-5-3-4-11(15)10-12/h3-5,10,17H,6-9H2,1-2H3,(H,16,19). The Morgan fingerprint density at radius 2 is 2.05 bits per heavy atom. The Kier molecular flexibility index (Phi) is 4.04. The van der Waals surface area contributed by atoms with Gasteiger partial charge in [0.15, 0.2) is 0 Å². The summed E-state index contributed by atoms with van der Waals surface area (Å²) in [5, 5.41) is 5.94. The van der Waals surface area contributed by atoms with E-state index in [0.29, 0.717) is 18.5 Å². The van der Waals surface area contributed by atoms with Crippen molar-refractivity contribution in [3.8, 4) is 0 Å². The molecule has 0 aromatic heterocycles. The number of likely N-dealkylation sites (N-methyl/N-ethyl adjacent to an activating group) is 1. The Hall–Kier alpha value is -1.62. The molecule has 4 nitrogen and oxygen atoms in total. The number of anilines is 1. The number of hydrogen-bond donors (Lipinski definition) is 2. The second-order valence-corrected chi connectivity index (χ2v) is 5.10. The van der Waals surface area contributed by atoms with Gasteiger partial charge in [0.2, 0.25) is 5.91 Å². The van der Waals surface area contributed by atoms with Crippen molar-refractivity contribution < 1.29 is 9.18 Å². The van der Waals surface area contributed by atoms with Crippen molar-refractivity contribution in [2.24, 2.45) is 0 Å². The van der Waals surface area contributed by atoms with Crippen LogP contribution < -0.4 is 10.6 Å². The summed E-state index contributed by atoms with van der Waals surface area (Å²) >= 11 is 0. The van der Waals surface area contributed by atoms with Gasteiger partial charge >= 0.3 is 0 Å². The van der Waals surface area contributed by atoms with Gasteiger partial charge in [0.05, 0.1) is 0 Å². The largest absolute Gasteiger partial charge is 0.371 e. The highest BCUT2D eigenvalue weighted by molar-refractivity contribution is 5.89.